The molecule has 0 fully saturated rings. The van der Waals surface area contributed by atoms with E-state index in [1.54, 1.807) is 0 Å². The van der Waals surface area contributed by atoms with E-state index in [1.807, 2.05) is 38.1 Å². The van der Waals surface area contributed by atoms with E-state index < -0.39 is 5.54 Å². The molecule has 0 amide bonds. The third kappa shape index (κ3) is 1.82. The molecule has 1 aliphatic rings. The molecule has 1 aromatic rings. The Morgan fingerprint density at radius 1 is 1.44 bits per heavy atom. The fourth-order valence-electron chi connectivity index (χ4n) is 2.19. The van der Waals surface area contributed by atoms with Crippen LogP contribution in [0.3, 0.4) is 0 Å². The van der Waals surface area contributed by atoms with E-state index in [9.17, 15) is 5.26 Å². The Hall–Kier alpha value is -1.37. The highest BCUT2D eigenvalue weighted by Gasteiger charge is 2.37. The number of hydrogen-bond donors (Lipinski definition) is 1. The lowest BCUT2D eigenvalue weighted by molar-refractivity contribution is 0.0551. The van der Waals surface area contributed by atoms with Crippen molar-refractivity contribution < 1.29 is 4.74 Å². The van der Waals surface area contributed by atoms with Crippen LogP contribution < -0.4 is 5.32 Å². The normalized spacial score (nSPS) is 23.9. The van der Waals surface area contributed by atoms with Crippen LogP contribution in [0.5, 0.6) is 0 Å². The number of rotatable bonds is 2. The number of ether oxygens (including phenoxy) is 1. The van der Waals surface area contributed by atoms with Gasteiger partial charge in [0.15, 0.2) is 5.54 Å². The van der Waals surface area contributed by atoms with Gasteiger partial charge in [0.2, 0.25) is 0 Å². The van der Waals surface area contributed by atoms with Crippen molar-refractivity contribution >= 4 is 0 Å². The third-order valence-electron chi connectivity index (χ3n) is 2.78. The Morgan fingerprint density at radius 2 is 2.19 bits per heavy atom. The third-order valence-corrected chi connectivity index (χ3v) is 2.78. The highest BCUT2D eigenvalue weighted by molar-refractivity contribution is 5.40. The van der Waals surface area contributed by atoms with E-state index >= 15 is 0 Å². The molecule has 0 saturated carbocycles. The molecule has 16 heavy (non-hydrogen) atoms. The van der Waals surface area contributed by atoms with E-state index in [2.05, 4.69) is 11.4 Å². The smallest absolute Gasteiger partial charge is 0.156 e. The summed E-state index contributed by atoms with van der Waals surface area (Å²) in [4.78, 5) is 0. The Morgan fingerprint density at radius 3 is 2.88 bits per heavy atom. The van der Waals surface area contributed by atoms with Crippen molar-refractivity contribution in [3.05, 3.63) is 35.4 Å². The summed E-state index contributed by atoms with van der Waals surface area (Å²) in [5.74, 6) is 0. The minimum atomic E-state index is -0.691. The van der Waals surface area contributed by atoms with Gasteiger partial charge >= 0.3 is 0 Å². The van der Waals surface area contributed by atoms with Crippen molar-refractivity contribution in [3.8, 4) is 6.07 Å². The summed E-state index contributed by atoms with van der Waals surface area (Å²) < 4.78 is 5.52. The second kappa shape index (κ2) is 4.25. The molecule has 0 aromatic heterocycles. The summed E-state index contributed by atoms with van der Waals surface area (Å²) in [5.41, 5.74) is 1.46. The van der Waals surface area contributed by atoms with E-state index in [-0.39, 0.29) is 6.04 Å². The van der Waals surface area contributed by atoms with Gasteiger partial charge in [0, 0.05) is 6.04 Å². The van der Waals surface area contributed by atoms with Crippen LogP contribution in [0.15, 0.2) is 24.3 Å². The summed E-state index contributed by atoms with van der Waals surface area (Å²) >= 11 is 0. The Kier molecular flexibility index (Phi) is 2.95. The lowest BCUT2D eigenvalue weighted by Crippen LogP contribution is -2.50. The van der Waals surface area contributed by atoms with Crippen molar-refractivity contribution in [3.63, 3.8) is 0 Å². The highest BCUT2D eigenvalue weighted by Crippen LogP contribution is 2.30. The first kappa shape index (κ1) is 11.1. The zero-order chi connectivity index (χ0) is 11.6. The summed E-state index contributed by atoms with van der Waals surface area (Å²) in [6, 6.07) is 10.6. The summed E-state index contributed by atoms with van der Waals surface area (Å²) in [6.45, 7) is 5.09. The molecule has 3 heteroatoms. The summed E-state index contributed by atoms with van der Waals surface area (Å²) in [7, 11) is 0. The minimum absolute atomic E-state index is 0.245. The van der Waals surface area contributed by atoms with Crippen LogP contribution in [0.1, 0.15) is 25.0 Å². The fraction of sp³-hybridized carbons (Fsp3) is 0.462. The Balaban J connectivity index is 2.46. The van der Waals surface area contributed by atoms with Gasteiger partial charge in [-0.1, -0.05) is 24.3 Å². The molecule has 0 aliphatic carbocycles. The molecule has 2 rings (SSSR count). The molecular formula is C13H16N2O. The summed E-state index contributed by atoms with van der Waals surface area (Å²) in [6.07, 6.45) is 0. The van der Waals surface area contributed by atoms with Crippen molar-refractivity contribution in [2.75, 3.05) is 6.61 Å². The molecule has 1 heterocycles. The second-order valence-electron chi connectivity index (χ2n) is 4.47. The van der Waals surface area contributed by atoms with Crippen LogP contribution in [0, 0.1) is 11.3 Å². The average molecular weight is 216 g/mol. The van der Waals surface area contributed by atoms with Gasteiger partial charge in [0.1, 0.15) is 0 Å². The van der Waals surface area contributed by atoms with Gasteiger partial charge in [-0.2, -0.15) is 5.26 Å². The van der Waals surface area contributed by atoms with Crippen LogP contribution in [0.4, 0.5) is 0 Å². The van der Waals surface area contributed by atoms with Gasteiger partial charge in [-0.15, -0.1) is 0 Å². The maximum Gasteiger partial charge on any atom is 0.156 e. The number of hydrogen-bond acceptors (Lipinski definition) is 3. The first-order chi connectivity index (χ1) is 7.68. The average Bonchev–Trinajstić information content (AvgIpc) is 2.29. The minimum Gasteiger partial charge on any atom is -0.373 e. The van der Waals surface area contributed by atoms with Gasteiger partial charge in [-0.25, -0.2) is 0 Å². The quantitative estimate of drug-likeness (QED) is 0.821. The lowest BCUT2D eigenvalue weighted by atomic mass is 9.86. The van der Waals surface area contributed by atoms with Crippen LogP contribution in [0.2, 0.25) is 0 Å². The predicted molar refractivity (Wildman–Crippen MR) is 61.7 cm³/mol. The maximum absolute atomic E-state index is 9.44. The Labute approximate surface area is 96.0 Å². The molecule has 1 atom stereocenters. The van der Waals surface area contributed by atoms with E-state index in [4.69, 9.17) is 4.74 Å². The van der Waals surface area contributed by atoms with Crippen molar-refractivity contribution in [2.24, 2.45) is 0 Å². The van der Waals surface area contributed by atoms with Gasteiger partial charge in [0.25, 0.3) is 0 Å². The first-order valence-corrected chi connectivity index (χ1v) is 5.53. The monoisotopic (exact) mass is 216 g/mol. The van der Waals surface area contributed by atoms with Crippen LogP contribution in [0.25, 0.3) is 0 Å². The molecule has 0 bridgehead atoms. The molecule has 84 valence electrons. The van der Waals surface area contributed by atoms with Gasteiger partial charge in [-0.3, -0.25) is 5.32 Å². The SMILES string of the molecule is CC(C)NC1(C#N)COCc2ccccc21. The second-order valence-corrected chi connectivity index (χ2v) is 4.47. The largest absolute Gasteiger partial charge is 0.373 e. The van der Waals surface area contributed by atoms with Crippen molar-refractivity contribution in [1.29, 1.82) is 5.26 Å². The number of benzene rings is 1. The predicted octanol–water partition coefficient (Wildman–Crippen LogP) is 1.93. The number of fused-ring (bicyclic) bond motifs is 1. The molecule has 1 aliphatic heterocycles. The molecule has 0 saturated heterocycles. The Bertz CT molecular complexity index is 422. The molecule has 3 nitrogen and oxygen atoms in total. The molecule has 1 N–H and O–H groups in total. The van der Waals surface area contributed by atoms with E-state index in [0.29, 0.717) is 13.2 Å². The fourth-order valence-corrected chi connectivity index (χ4v) is 2.19. The standard InChI is InChI=1S/C13H16N2O/c1-10(2)15-13(8-14)9-16-7-11-5-3-4-6-12(11)13/h3-6,10,15H,7,9H2,1-2H3. The van der Waals surface area contributed by atoms with E-state index in [1.165, 1.54) is 0 Å². The lowest BCUT2D eigenvalue weighted by Gasteiger charge is -2.35. The van der Waals surface area contributed by atoms with Crippen LogP contribution in [-0.2, 0) is 16.9 Å². The zero-order valence-electron chi connectivity index (χ0n) is 9.66. The first-order valence-electron chi connectivity index (χ1n) is 5.53. The van der Waals surface area contributed by atoms with Gasteiger partial charge in [-0.05, 0) is 25.0 Å². The summed E-state index contributed by atoms with van der Waals surface area (Å²) in [5, 5.41) is 12.8. The van der Waals surface area contributed by atoms with Gasteiger partial charge in [0.05, 0.1) is 19.3 Å². The molecule has 1 aromatic carbocycles. The van der Waals surface area contributed by atoms with E-state index in [0.717, 1.165) is 11.1 Å². The highest BCUT2D eigenvalue weighted by atomic mass is 16.5. The van der Waals surface area contributed by atoms with Crippen molar-refractivity contribution in [2.45, 2.75) is 32.0 Å². The number of nitriles is 1. The number of nitrogens with zero attached hydrogens (tertiary/aromatic N) is 1. The van der Waals surface area contributed by atoms with Gasteiger partial charge < -0.3 is 4.74 Å². The molecule has 1 unspecified atom stereocenters. The molecular weight excluding hydrogens is 200 g/mol. The van der Waals surface area contributed by atoms with Crippen LogP contribution >= 0.6 is 0 Å². The van der Waals surface area contributed by atoms with Crippen LogP contribution in [-0.4, -0.2) is 12.6 Å². The van der Waals surface area contributed by atoms with Crippen molar-refractivity contribution in [1.82, 2.24) is 5.32 Å². The maximum atomic E-state index is 9.44. The topological polar surface area (TPSA) is 45.0 Å². The number of nitrogens with one attached hydrogen (secondary N) is 1. The zero-order valence-corrected chi connectivity index (χ0v) is 9.66. The molecule has 0 radical (unpaired) electrons. The molecule has 0 spiro atoms.